The fourth-order valence-corrected chi connectivity index (χ4v) is 4.64. The first-order valence-electron chi connectivity index (χ1n) is 8.45. The van der Waals surface area contributed by atoms with Gasteiger partial charge in [-0.05, 0) is 44.5 Å². The van der Waals surface area contributed by atoms with Gasteiger partial charge in [0, 0.05) is 17.9 Å². The Morgan fingerprint density at radius 2 is 2.04 bits per heavy atom. The molecule has 1 N–H and O–H groups in total. The Morgan fingerprint density at radius 3 is 2.69 bits per heavy atom. The van der Waals surface area contributed by atoms with Crippen LogP contribution in [0, 0.1) is 0 Å². The summed E-state index contributed by atoms with van der Waals surface area (Å²) in [6.45, 7) is 3.49. The van der Waals surface area contributed by atoms with E-state index in [2.05, 4.69) is 5.32 Å². The van der Waals surface area contributed by atoms with Gasteiger partial charge in [-0.2, -0.15) is 0 Å². The molecular weight excluding hydrogens is 356 g/mol. The number of carbonyl (C=O) groups is 3. The SMILES string of the molecule is COc1ccc(NC(=O)[C@@H](C)OC(=O)[C@H]2CS[C@@]3(C)CCC(=O)N23)cc1. The van der Waals surface area contributed by atoms with Crippen LogP contribution in [0.15, 0.2) is 24.3 Å². The number of ether oxygens (including phenoxy) is 2. The number of thioether (sulfide) groups is 1. The molecule has 0 aliphatic carbocycles. The van der Waals surface area contributed by atoms with Crippen LogP contribution in [0.3, 0.4) is 0 Å². The Kier molecular flexibility index (Phi) is 5.13. The average molecular weight is 378 g/mol. The minimum atomic E-state index is -0.959. The van der Waals surface area contributed by atoms with E-state index in [9.17, 15) is 14.4 Å². The summed E-state index contributed by atoms with van der Waals surface area (Å²) in [7, 11) is 1.56. The monoisotopic (exact) mass is 378 g/mol. The van der Waals surface area contributed by atoms with E-state index in [1.807, 2.05) is 6.92 Å². The van der Waals surface area contributed by atoms with Gasteiger partial charge in [-0.1, -0.05) is 0 Å². The Morgan fingerprint density at radius 1 is 1.35 bits per heavy atom. The van der Waals surface area contributed by atoms with Crippen molar-refractivity contribution in [3.8, 4) is 5.75 Å². The maximum absolute atomic E-state index is 12.5. The molecule has 1 aromatic rings. The highest BCUT2D eigenvalue weighted by molar-refractivity contribution is 8.01. The van der Waals surface area contributed by atoms with E-state index in [4.69, 9.17) is 9.47 Å². The Hall–Kier alpha value is -2.22. The average Bonchev–Trinajstić information content (AvgIpc) is 3.11. The molecule has 2 fully saturated rings. The van der Waals surface area contributed by atoms with Crippen LogP contribution in [0.25, 0.3) is 0 Å². The minimum Gasteiger partial charge on any atom is -0.497 e. The van der Waals surface area contributed by atoms with E-state index >= 15 is 0 Å². The molecule has 1 aromatic carbocycles. The molecule has 0 unspecified atom stereocenters. The number of fused-ring (bicyclic) bond motifs is 1. The molecule has 3 rings (SSSR count). The number of anilines is 1. The Labute approximate surface area is 156 Å². The molecule has 7 nitrogen and oxygen atoms in total. The van der Waals surface area contributed by atoms with E-state index < -0.39 is 24.0 Å². The topological polar surface area (TPSA) is 84.9 Å². The first-order chi connectivity index (χ1) is 12.3. The van der Waals surface area contributed by atoms with Gasteiger partial charge in [-0.25, -0.2) is 4.79 Å². The van der Waals surface area contributed by atoms with Crippen molar-refractivity contribution in [2.24, 2.45) is 0 Å². The van der Waals surface area contributed by atoms with Crippen LogP contribution in [0.1, 0.15) is 26.7 Å². The number of hydrogen-bond donors (Lipinski definition) is 1. The van der Waals surface area contributed by atoms with Crippen LogP contribution >= 0.6 is 11.8 Å². The molecule has 0 spiro atoms. The maximum atomic E-state index is 12.5. The van der Waals surface area contributed by atoms with Gasteiger partial charge >= 0.3 is 5.97 Å². The van der Waals surface area contributed by atoms with E-state index in [0.29, 0.717) is 23.6 Å². The molecule has 3 atom stereocenters. The number of rotatable bonds is 5. The molecule has 8 heteroatoms. The highest BCUT2D eigenvalue weighted by Crippen LogP contribution is 2.47. The molecule has 0 radical (unpaired) electrons. The summed E-state index contributed by atoms with van der Waals surface area (Å²) in [5.41, 5.74) is 0.581. The summed E-state index contributed by atoms with van der Waals surface area (Å²) in [6.07, 6.45) is 0.216. The van der Waals surface area contributed by atoms with Gasteiger partial charge in [0.1, 0.15) is 11.8 Å². The van der Waals surface area contributed by atoms with Gasteiger partial charge in [0.15, 0.2) is 6.10 Å². The molecule has 26 heavy (non-hydrogen) atoms. The molecule has 140 valence electrons. The minimum absolute atomic E-state index is 0.0326. The van der Waals surface area contributed by atoms with Crippen molar-refractivity contribution < 1.29 is 23.9 Å². The fraction of sp³-hybridized carbons (Fsp3) is 0.500. The van der Waals surface area contributed by atoms with Crippen LogP contribution < -0.4 is 10.1 Å². The van der Waals surface area contributed by atoms with Crippen LogP contribution in [0.4, 0.5) is 5.69 Å². The molecule has 0 bridgehead atoms. The molecule has 0 aromatic heterocycles. The quantitative estimate of drug-likeness (QED) is 0.789. The summed E-state index contributed by atoms with van der Waals surface area (Å²) in [6, 6.07) is 6.22. The number of methoxy groups -OCH3 is 1. The molecule has 2 saturated heterocycles. The zero-order valence-electron chi connectivity index (χ0n) is 15.0. The van der Waals surface area contributed by atoms with Crippen molar-refractivity contribution in [1.82, 2.24) is 4.90 Å². The van der Waals surface area contributed by atoms with Crippen LogP contribution in [0.5, 0.6) is 5.75 Å². The predicted molar refractivity (Wildman–Crippen MR) is 97.9 cm³/mol. The van der Waals surface area contributed by atoms with Gasteiger partial charge in [-0.15, -0.1) is 11.8 Å². The van der Waals surface area contributed by atoms with Crippen molar-refractivity contribution in [2.45, 2.75) is 43.7 Å². The highest BCUT2D eigenvalue weighted by Gasteiger charge is 2.53. The highest BCUT2D eigenvalue weighted by atomic mass is 32.2. The lowest BCUT2D eigenvalue weighted by Crippen LogP contribution is -2.48. The van der Waals surface area contributed by atoms with Gasteiger partial charge < -0.3 is 19.7 Å². The van der Waals surface area contributed by atoms with Crippen LogP contribution in [-0.4, -0.2) is 52.6 Å². The lowest BCUT2D eigenvalue weighted by molar-refractivity contribution is -0.160. The van der Waals surface area contributed by atoms with Crippen LogP contribution in [0.2, 0.25) is 0 Å². The summed E-state index contributed by atoms with van der Waals surface area (Å²) in [5.74, 6) is 0.182. The van der Waals surface area contributed by atoms with Crippen molar-refractivity contribution in [2.75, 3.05) is 18.2 Å². The second-order valence-corrected chi connectivity index (χ2v) is 8.06. The molecule has 2 aliphatic heterocycles. The number of hydrogen-bond acceptors (Lipinski definition) is 6. The maximum Gasteiger partial charge on any atom is 0.330 e. The second-order valence-electron chi connectivity index (χ2n) is 6.56. The molecule has 0 saturated carbocycles. The summed E-state index contributed by atoms with van der Waals surface area (Å²) in [5, 5.41) is 2.69. The van der Waals surface area contributed by atoms with Crippen molar-refractivity contribution >= 4 is 35.2 Å². The largest absolute Gasteiger partial charge is 0.497 e. The van der Waals surface area contributed by atoms with Gasteiger partial charge in [-0.3, -0.25) is 9.59 Å². The first-order valence-corrected chi connectivity index (χ1v) is 9.44. The van der Waals surface area contributed by atoms with E-state index in [1.165, 1.54) is 6.92 Å². The normalized spacial score (nSPS) is 25.6. The van der Waals surface area contributed by atoms with E-state index in [1.54, 1.807) is 48.0 Å². The van der Waals surface area contributed by atoms with E-state index in [0.717, 1.165) is 6.42 Å². The zero-order chi connectivity index (χ0) is 18.9. The number of nitrogens with one attached hydrogen (secondary N) is 1. The number of esters is 1. The van der Waals surface area contributed by atoms with Crippen LogP contribution in [-0.2, 0) is 19.1 Å². The van der Waals surface area contributed by atoms with Crippen molar-refractivity contribution in [1.29, 1.82) is 0 Å². The number of nitrogens with zero attached hydrogens (tertiary/aromatic N) is 1. The Balaban J connectivity index is 1.58. The molecular formula is C18H22N2O5S. The predicted octanol–water partition coefficient (Wildman–Crippen LogP) is 2.02. The molecule has 2 heterocycles. The van der Waals surface area contributed by atoms with Crippen molar-refractivity contribution in [3.63, 3.8) is 0 Å². The smallest absolute Gasteiger partial charge is 0.330 e. The van der Waals surface area contributed by atoms with Gasteiger partial charge in [0.2, 0.25) is 5.91 Å². The second kappa shape index (κ2) is 7.19. The van der Waals surface area contributed by atoms with Gasteiger partial charge in [0.25, 0.3) is 5.91 Å². The number of carbonyl (C=O) groups excluding carboxylic acids is 3. The third-order valence-corrected chi connectivity index (χ3v) is 6.24. The fourth-order valence-electron chi connectivity index (χ4n) is 3.22. The molecule has 2 aliphatic rings. The number of amides is 2. The summed E-state index contributed by atoms with van der Waals surface area (Å²) >= 11 is 1.59. The third kappa shape index (κ3) is 3.51. The van der Waals surface area contributed by atoms with E-state index in [-0.39, 0.29) is 10.8 Å². The third-order valence-electron chi connectivity index (χ3n) is 4.74. The summed E-state index contributed by atoms with van der Waals surface area (Å²) < 4.78 is 10.4. The lowest BCUT2D eigenvalue weighted by Gasteiger charge is -2.29. The van der Waals surface area contributed by atoms with Crippen molar-refractivity contribution in [3.05, 3.63) is 24.3 Å². The first kappa shape index (κ1) is 18.6. The lowest BCUT2D eigenvalue weighted by atomic mass is 10.2. The zero-order valence-corrected chi connectivity index (χ0v) is 15.8. The number of benzene rings is 1. The molecule has 2 amide bonds. The summed E-state index contributed by atoms with van der Waals surface area (Å²) in [4.78, 5) is 38.2. The Bertz CT molecular complexity index is 723. The standard InChI is InChI=1S/C18H22N2O5S/c1-11(16(22)19-12-4-6-13(24-3)7-5-12)25-17(23)14-10-26-18(2)9-8-15(21)20(14)18/h4-7,11,14H,8-10H2,1-3H3,(H,19,22)/t11-,14-,18+/m1/s1. The van der Waals surface area contributed by atoms with Gasteiger partial charge in [0.05, 0.1) is 12.0 Å².